The molecule has 156 valence electrons. The van der Waals surface area contributed by atoms with Gasteiger partial charge in [0.1, 0.15) is 0 Å². The molecule has 0 spiro atoms. The van der Waals surface area contributed by atoms with Crippen molar-refractivity contribution in [3.63, 3.8) is 0 Å². The SMILES string of the molecule is CCC(Cc1cccc(C)c1)c1cccc(C2CC2C[C@H](C)c2ccc(C)cc2)c1. The Balaban J connectivity index is 1.41. The molecule has 0 heterocycles. The Morgan fingerprint density at radius 1 is 0.833 bits per heavy atom. The molecular formula is C30H36. The van der Waals surface area contributed by atoms with Crippen LogP contribution in [0.4, 0.5) is 0 Å². The van der Waals surface area contributed by atoms with Crippen LogP contribution in [-0.4, -0.2) is 0 Å². The first-order chi connectivity index (χ1) is 14.5. The van der Waals surface area contributed by atoms with E-state index in [9.17, 15) is 0 Å². The standard InChI is InChI=1S/C30H36/c1-5-25(18-24-9-6-8-22(3)16-24)27-10-7-11-28(19-27)30-20-29(30)17-23(4)26-14-12-21(2)13-15-26/h6-16,19,23,25,29-30H,5,17-18,20H2,1-4H3/t23-,25?,29?,30?/m0/s1. The van der Waals surface area contributed by atoms with Gasteiger partial charge in [0.25, 0.3) is 0 Å². The summed E-state index contributed by atoms with van der Waals surface area (Å²) in [6.45, 7) is 9.08. The minimum Gasteiger partial charge on any atom is -0.0648 e. The summed E-state index contributed by atoms with van der Waals surface area (Å²) < 4.78 is 0. The maximum absolute atomic E-state index is 2.52. The second kappa shape index (κ2) is 9.21. The fourth-order valence-electron chi connectivity index (χ4n) is 5.07. The van der Waals surface area contributed by atoms with Gasteiger partial charge in [0.15, 0.2) is 0 Å². The molecule has 4 atom stereocenters. The number of benzene rings is 3. The van der Waals surface area contributed by atoms with E-state index < -0.39 is 0 Å². The van der Waals surface area contributed by atoms with Crippen LogP contribution in [0.3, 0.4) is 0 Å². The Bertz CT molecular complexity index is 965. The van der Waals surface area contributed by atoms with Gasteiger partial charge in [0.05, 0.1) is 0 Å². The first-order valence-corrected chi connectivity index (χ1v) is 11.8. The van der Waals surface area contributed by atoms with E-state index >= 15 is 0 Å². The van der Waals surface area contributed by atoms with E-state index in [1.165, 1.54) is 47.1 Å². The molecule has 0 N–H and O–H groups in total. The summed E-state index contributed by atoms with van der Waals surface area (Å²) in [7, 11) is 0. The van der Waals surface area contributed by atoms with Gasteiger partial charge in [-0.15, -0.1) is 0 Å². The monoisotopic (exact) mass is 396 g/mol. The van der Waals surface area contributed by atoms with Gasteiger partial charge in [-0.1, -0.05) is 97.8 Å². The Kier molecular flexibility index (Phi) is 6.42. The second-order valence-corrected chi connectivity index (χ2v) is 9.62. The zero-order valence-corrected chi connectivity index (χ0v) is 19.1. The van der Waals surface area contributed by atoms with Crippen LogP contribution in [-0.2, 0) is 6.42 Å². The molecule has 0 aromatic heterocycles. The van der Waals surface area contributed by atoms with Crippen LogP contribution in [0.15, 0.2) is 72.8 Å². The lowest BCUT2D eigenvalue weighted by atomic mass is 9.87. The van der Waals surface area contributed by atoms with E-state index in [4.69, 9.17) is 0 Å². The minimum atomic E-state index is 0.607. The van der Waals surface area contributed by atoms with E-state index in [0.717, 1.165) is 18.3 Å². The predicted molar refractivity (Wildman–Crippen MR) is 129 cm³/mol. The fourth-order valence-corrected chi connectivity index (χ4v) is 5.07. The van der Waals surface area contributed by atoms with E-state index in [1.54, 1.807) is 5.56 Å². The molecule has 0 radical (unpaired) electrons. The summed E-state index contributed by atoms with van der Waals surface area (Å²) in [4.78, 5) is 0. The van der Waals surface area contributed by atoms with Gasteiger partial charge in [-0.3, -0.25) is 0 Å². The van der Waals surface area contributed by atoms with Crippen molar-refractivity contribution in [3.8, 4) is 0 Å². The molecule has 0 saturated heterocycles. The molecular weight excluding hydrogens is 360 g/mol. The molecule has 3 aromatic carbocycles. The van der Waals surface area contributed by atoms with E-state index in [1.807, 2.05) is 0 Å². The lowest BCUT2D eigenvalue weighted by Gasteiger charge is -2.17. The maximum atomic E-state index is 2.52. The van der Waals surface area contributed by atoms with Crippen LogP contribution in [0.25, 0.3) is 0 Å². The van der Waals surface area contributed by atoms with Crippen LogP contribution in [0, 0.1) is 19.8 Å². The van der Waals surface area contributed by atoms with Gasteiger partial charge in [-0.25, -0.2) is 0 Å². The number of hydrogen-bond acceptors (Lipinski definition) is 0. The molecule has 0 amide bonds. The Morgan fingerprint density at radius 2 is 1.60 bits per heavy atom. The molecule has 1 aliphatic carbocycles. The summed E-state index contributed by atoms with van der Waals surface area (Å²) >= 11 is 0. The molecule has 3 unspecified atom stereocenters. The van der Waals surface area contributed by atoms with Crippen molar-refractivity contribution in [1.29, 1.82) is 0 Å². The summed E-state index contributed by atoms with van der Waals surface area (Å²) in [5.74, 6) is 2.85. The average molecular weight is 397 g/mol. The molecule has 1 aliphatic rings. The van der Waals surface area contributed by atoms with Crippen molar-refractivity contribution >= 4 is 0 Å². The molecule has 0 nitrogen and oxygen atoms in total. The number of aryl methyl sites for hydroxylation is 2. The molecule has 0 aliphatic heterocycles. The molecule has 0 heteroatoms. The van der Waals surface area contributed by atoms with Crippen molar-refractivity contribution in [2.24, 2.45) is 5.92 Å². The van der Waals surface area contributed by atoms with Crippen LogP contribution in [0.1, 0.15) is 84.2 Å². The van der Waals surface area contributed by atoms with Crippen LogP contribution >= 0.6 is 0 Å². The third-order valence-corrected chi connectivity index (χ3v) is 7.09. The van der Waals surface area contributed by atoms with Crippen LogP contribution < -0.4 is 0 Å². The molecule has 3 aromatic rings. The molecule has 4 rings (SSSR count). The minimum absolute atomic E-state index is 0.607. The third kappa shape index (κ3) is 5.04. The van der Waals surface area contributed by atoms with Crippen molar-refractivity contribution in [1.82, 2.24) is 0 Å². The second-order valence-electron chi connectivity index (χ2n) is 9.62. The van der Waals surface area contributed by atoms with Gasteiger partial charge >= 0.3 is 0 Å². The van der Waals surface area contributed by atoms with Gasteiger partial charge in [-0.05, 0) is 85.5 Å². The van der Waals surface area contributed by atoms with Crippen molar-refractivity contribution < 1.29 is 0 Å². The van der Waals surface area contributed by atoms with Crippen molar-refractivity contribution in [3.05, 3.63) is 106 Å². The highest BCUT2D eigenvalue weighted by Crippen LogP contribution is 2.52. The zero-order valence-electron chi connectivity index (χ0n) is 19.1. The smallest absolute Gasteiger partial charge is 0.0124 e. The maximum Gasteiger partial charge on any atom is -0.0124 e. The highest BCUT2D eigenvalue weighted by molar-refractivity contribution is 5.34. The van der Waals surface area contributed by atoms with E-state index in [-0.39, 0.29) is 0 Å². The van der Waals surface area contributed by atoms with Gasteiger partial charge < -0.3 is 0 Å². The van der Waals surface area contributed by atoms with Crippen molar-refractivity contribution in [2.75, 3.05) is 0 Å². The first-order valence-electron chi connectivity index (χ1n) is 11.8. The molecule has 1 fully saturated rings. The Labute approximate surface area is 183 Å². The Hall–Kier alpha value is -2.34. The molecule has 0 bridgehead atoms. The lowest BCUT2D eigenvalue weighted by Crippen LogP contribution is -2.03. The zero-order chi connectivity index (χ0) is 21.1. The quantitative estimate of drug-likeness (QED) is 0.359. The van der Waals surface area contributed by atoms with E-state index in [2.05, 4.69) is 100 Å². The summed E-state index contributed by atoms with van der Waals surface area (Å²) in [5.41, 5.74) is 8.75. The number of rotatable bonds is 8. The van der Waals surface area contributed by atoms with Gasteiger partial charge in [0.2, 0.25) is 0 Å². The first kappa shape index (κ1) is 20.9. The molecule has 1 saturated carbocycles. The summed E-state index contributed by atoms with van der Waals surface area (Å²) in [6.07, 6.45) is 4.99. The topological polar surface area (TPSA) is 0 Å². The van der Waals surface area contributed by atoms with Crippen molar-refractivity contribution in [2.45, 2.75) is 71.1 Å². The highest BCUT2D eigenvalue weighted by atomic mass is 14.4. The summed E-state index contributed by atoms with van der Waals surface area (Å²) in [6, 6.07) is 27.7. The van der Waals surface area contributed by atoms with Crippen LogP contribution in [0.2, 0.25) is 0 Å². The van der Waals surface area contributed by atoms with Crippen LogP contribution in [0.5, 0.6) is 0 Å². The third-order valence-electron chi connectivity index (χ3n) is 7.09. The summed E-state index contributed by atoms with van der Waals surface area (Å²) in [5, 5.41) is 0. The van der Waals surface area contributed by atoms with Gasteiger partial charge in [0, 0.05) is 0 Å². The number of hydrogen-bond donors (Lipinski definition) is 0. The lowest BCUT2D eigenvalue weighted by molar-refractivity contribution is 0.605. The fraction of sp³-hybridized carbons (Fsp3) is 0.400. The average Bonchev–Trinajstić information content (AvgIpc) is 3.51. The highest BCUT2D eigenvalue weighted by Gasteiger charge is 2.39. The Morgan fingerprint density at radius 3 is 2.33 bits per heavy atom. The largest absolute Gasteiger partial charge is 0.0648 e. The molecule has 30 heavy (non-hydrogen) atoms. The van der Waals surface area contributed by atoms with E-state index in [0.29, 0.717) is 11.8 Å². The normalized spacial score (nSPS) is 20.0. The predicted octanol–water partition coefficient (Wildman–Crippen LogP) is 8.34. The van der Waals surface area contributed by atoms with Gasteiger partial charge in [-0.2, -0.15) is 0 Å².